The molecule has 0 saturated carbocycles. The van der Waals surface area contributed by atoms with Crippen LogP contribution in [0.1, 0.15) is 30.0 Å². The molecule has 2 aromatic rings. The lowest BCUT2D eigenvalue weighted by molar-refractivity contribution is 0.283. The minimum atomic E-state index is -0.286. The van der Waals surface area contributed by atoms with Gasteiger partial charge in [0.2, 0.25) is 5.88 Å². The molecule has 0 unspecified atom stereocenters. The van der Waals surface area contributed by atoms with Crippen molar-refractivity contribution >= 4 is 23.9 Å². The van der Waals surface area contributed by atoms with Crippen molar-refractivity contribution in [2.24, 2.45) is 0 Å². The van der Waals surface area contributed by atoms with Crippen molar-refractivity contribution < 1.29 is 9.13 Å². The number of nitrogens with zero attached hydrogens (tertiary/aromatic N) is 2. The van der Waals surface area contributed by atoms with E-state index in [0.717, 1.165) is 31.6 Å². The molecule has 0 atom stereocenters. The highest BCUT2D eigenvalue weighted by molar-refractivity contribution is 9.10. The van der Waals surface area contributed by atoms with E-state index in [-0.39, 0.29) is 12.4 Å². The van der Waals surface area contributed by atoms with Gasteiger partial charge in [0.25, 0.3) is 0 Å². The molecule has 6 heteroatoms. The van der Waals surface area contributed by atoms with Crippen LogP contribution in [-0.4, -0.2) is 30.9 Å². The second kappa shape index (κ2) is 7.45. The molecule has 118 valence electrons. The van der Waals surface area contributed by atoms with E-state index >= 15 is 0 Å². The summed E-state index contributed by atoms with van der Waals surface area (Å²) in [6.07, 6.45) is 1.99. The summed E-state index contributed by atoms with van der Waals surface area (Å²) in [5.41, 5.74) is 1.53. The van der Waals surface area contributed by atoms with Gasteiger partial charge < -0.3 is 9.55 Å². The predicted octanol–water partition coefficient (Wildman–Crippen LogP) is 3.83. The topological polar surface area (TPSA) is 25.4 Å². The summed E-state index contributed by atoms with van der Waals surface area (Å²) in [6, 6.07) is 10.7. The second-order valence-electron chi connectivity index (χ2n) is 5.74. The fraction of sp³-hybridized carbons (Fsp3) is 0.353. The Labute approximate surface area is 145 Å². The average Bonchev–Trinajstić information content (AvgIpc) is 2.55. The van der Waals surface area contributed by atoms with E-state index in [1.54, 1.807) is 18.2 Å². The quantitative estimate of drug-likeness (QED) is 0.760. The SMILES string of the molecule is [B]N1CCC(c2cccc(OCc3ccc(Br)cc3F)n2)CC1. The van der Waals surface area contributed by atoms with Gasteiger partial charge in [-0.2, -0.15) is 0 Å². The molecule has 2 heterocycles. The molecule has 0 bridgehead atoms. The smallest absolute Gasteiger partial charge is 0.213 e. The van der Waals surface area contributed by atoms with Crippen molar-refractivity contribution in [2.75, 3.05) is 13.1 Å². The van der Waals surface area contributed by atoms with E-state index in [2.05, 4.69) is 20.9 Å². The Bertz CT molecular complexity index is 677. The van der Waals surface area contributed by atoms with Crippen LogP contribution < -0.4 is 4.74 Å². The van der Waals surface area contributed by atoms with Gasteiger partial charge in [-0.05, 0) is 44.1 Å². The predicted molar refractivity (Wildman–Crippen MR) is 92.0 cm³/mol. The average molecular weight is 375 g/mol. The summed E-state index contributed by atoms with van der Waals surface area (Å²) in [6.45, 7) is 1.92. The number of aromatic nitrogens is 1. The molecule has 3 rings (SSSR count). The molecule has 0 spiro atoms. The third kappa shape index (κ3) is 4.33. The number of halogens is 2. The normalized spacial score (nSPS) is 16.4. The molecule has 1 saturated heterocycles. The summed E-state index contributed by atoms with van der Waals surface area (Å²) < 4.78 is 20.2. The van der Waals surface area contributed by atoms with Crippen molar-refractivity contribution in [3.05, 3.63) is 57.9 Å². The number of hydrogen-bond acceptors (Lipinski definition) is 3. The van der Waals surface area contributed by atoms with Gasteiger partial charge in [0.15, 0.2) is 7.98 Å². The van der Waals surface area contributed by atoms with Crippen molar-refractivity contribution in [3.8, 4) is 5.88 Å². The summed E-state index contributed by atoms with van der Waals surface area (Å²) in [5, 5.41) is 0. The molecule has 1 aromatic carbocycles. The highest BCUT2D eigenvalue weighted by atomic mass is 79.9. The molecule has 1 fully saturated rings. The van der Waals surface area contributed by atoms with Crippen LogP contribution in [0, 0.1) is 5.82 Å². The van der Waals surface area contributed by atoms with Gasteiger partial charge in [0, 0.05) is 27.7 Å². The summed E-state index contributed by atoms with van der Waals surface area (Å²) in [7, 11) is 5.79. The van der Waals surface area contributed by atoms with Gasteiger partial charge in [-0.3, -0.25) is 0 Å². The van der Waals surface area contributed by atoms with Crippen molar-refractivity contribution in [1.82, 2.24) is 9.79 Å². The molecule has 3 nitrogen and oxygen atoms in total. The van der Waals surface area contributed by atoms with Crippen LogP contribution in [0.25, 0.3) is 0 Å². The first-order chi connectivity index (χ1) is 11.1. The van der Waals surface area contributed by atoms with Crippen molar-refractivity contribution in [3.63, 3.8) is 0 Å². The van der Waals surface area contributed by atoms with Crippen LogP contribution in [-0.2, 0) is 6.61 Å². The number of hydrogen-bond donors (Lipinski definition) is 0. The molecular formula is C17H17BBrFN2O. The number of piperidine rings is 1. The van der Waals surface area contributed by atoms with Crippen LogP contribution >= 0.6 is 15.9 Å². The first-order valence-electron chi connectivity index (χ1n) is 7.65. The Morgan fingerprint density at radius 2 is 2.04 bits per heavy atom. The van der Waals surface area contributed by atoms with E-state index < -0.39 is 0 Å². The Morgan fingerprint density at radius 1 is 1.26 bits per heavy atom. The second-order valence-corrected chi connectivity index (χ2v) is 6.65. The van der Waals surface area contributed by atoms with E-state index in [4.69, 9.17) is 12.7 Å². The minimum Gasteiger partial charge on any atom is -0.473 e. The fourth-order valence-electron chi connectivity index (χ4n) is 2.72. The summed E-state index contributed by atoms with van der Waals surface area (Å²) in [4.78, 5) is 6.41. The molecular weight excluding hydrogens is 358 g/mol. The first-order valence-corrected chi connectivity index (χ1v) is 8.44. The lowest BCUT2D eigenvalue weighted by atomic mass is 9.92. The van der Waals surface area contributed by atoms with Crippen LogP contribution in [0.2, 0.25) is 0 Å². The largest absolute Gasteiger partial charge is 0.473 e. The Hall–Kier alpha value is -1.40. The van der Waals surface area contributed by atoms with Crippen LogP contribution in [0.3, 0.4) is 0 Å². The van der Waals surface area contributed by atoms with Gasteiger partial charge in [-0.15, -0.1) is 0 Å². The van der Waals surface area contributed by atoms with Gasteiger partial charge in [-0.25, -0.2) is 9.37 Å². The highest BCUT2D eigenvalue weighted by Gasteiger charge is 2.19. The lowest BCUT2D eigenvalue weighted by Crippen LogP contribution is -2.30. The van der Waals surface area contributed by atoms with Crippen LogP contribution in [0.4, 0.5) is 4.39 Å². The maximum Gasteiger partial charge on any atom is 0.213 e. The van der Waals surface area contributed by atoms with Gasteiger partial charge in [0.1, 0.15) is 12.4 Å². The highest BCUT2D eigenvalue weighted by Crippen LogP contribution is 2.27. The molecule has 1 aromatic heterocycles. The molecule has 0 N–H and O–H groups in total. The lowest BCUT2D eigenvalue weighted by Gasteiger charge is -2.29. The fourth-order valence-corrected chi connectivity index (χ4v) is 3.06. The molecule has 0 amide bonds. The van der Waals surface area contributed by atoms with Crippen LogP contribution in [0.15, 0.2) is 40.9 Å². The van der Waals surface area contributed by atoms with E-state index in [1.807, 2.05) is 16.9 Å². The molecule has 1 aliphatic heterocycles. The number of pyridine rings is 1. The number of benzene rings is 1. The zero-order chi connectivity index (χ0) is 16.2. The zero-order valence-corrected chi connectivity index (χ0v) is 14.3. The third-order valence-corrected chi connectivity index (χ3v) is 4.58. The van der Waals surface area contributed by atoms with Crippen molar-refractivity contribution in [2.45, 2.75) is 25.4 Å². The van der Waals surface area contributed by atoms with E-state index in [1.165, 1.54) is 6.07 Å². The molecule has 1 aliphatic rings. The van der Waals surface area contributed by atoms with E-state index in [0.29, 0.717) is 21.8 Å². The zero-order valence-electron chi connectivity index (χ0n) is 12.7. The first kappa shape index (κ1) is 16.5. The minimum absolute atomic E-state index is 0.164. The van der Waals surface area contributed by atoms with E-state index in [9.17, 15) is 4.39 Å². The number of rotatable bonds is 4. The maximum absolute atomic E-state index is 13.8. The molecule has 23 heavy (non-hydrogen) atoms. The molecule has 2 radical (unpaired) electrons. The number of ether oxygens (including phenoxy) is 1. The summed E-state index contributed by atoms with van der Waals surface area (Å²) >= 11 is 3.24. The van der Waals surface area contributed by atoms with Crippen LogP contribution in [0.5, 0.6) is 5.88 Å². The maximum atomic E-state index is 13.8. The summed E-state index contributed by atoms with van der Waals surface area (Å²) in [5.74, 6) is 0.647. The Morgan fingerprint density at radius 3 is 2.78 bits per heavy atom. The third-order valence-electron chi connectivity index (χ3n) is 4.08. The molecule has 0 aliphatic carbocycles. The van der Waals surface area contributed by atoms with Crippen molar-refractivity contribution in [1.29, 1.82) is 0 Å². The monoisotopic (exact) mass is 374 g/mol. The van der Waals surface area contributed by atoms with Gasteiger partial charge in [0.05, 0.1) is 0 Å². The van der Waals surface area contributed by atoms with Gasteiger partial charge >= 0.3 is 0 Å². The standard InChI is InChI=1S/C17H17BBrFN2O/c18-22-8-6-12(7-9-22)16-2-1-3-17(21-16)23-11-13-4-5-14(19)10-15(13)20/h1-5,10,12H,6-9,11H2. The Kier molecular flexibility index (Phi) is 5.33. The van der Waals surface area contributed by atoms with Gasteiger partial charge in [-0.1, -0.05) is 28.1 Å². The Balaban J connectivity index is 1.65.